The van der Waals surface area contributed by atoms with E-state index in [9.17, 15) is 17.6 Å². The van der Waals surface area contributed by atoms with Gasteiger partial charge in [-0.05, 0) is 59.3 Å². The highest BCUT2D eigenvalue weighted by molar-refractivity contribution is 7.89. The number of carbonyl (C=O) groups excluding carboxylic acids is 1. The number of anilines is 1. The molecule has 2 aliphatic rings. The fourth-order valence-corrected chi connectivity index (χ4v) is 5.47. The number of rotatable bonds is 5. The Bertz CT molecular complexity index is 922. The smallest absolute Gasteiger partial charge is 0.246 e. The normalized spacial score (nSPS) is 17.4. The highest BCUT2D eigenvalue weighted by atomic mass is 32.2. The first kappa shape index (κ1) is 16.7. The number of benzene rings is 1. The van der Waals surface area contributed by atoms with Crippen LogP contribution in [0.4, 0.5) is 10.1 Å². The minimum Gasteiger partial charge on any atom is -0.326 e. The Morgan fingerprint density at radius 2 is 2.08 bits per heavy atom. The highest BCUT2D eigenvalue weighted by Gasteiger charge is 2.39. The summed E-state index contributed by atoms with van der Waals surface area (Å²) in [7, 11) is -3.94. The number of hydrogen-bond donors (Lipinski definition) is 1. The van der Waals surface area contributed by atoms with E-state index in [0.717, 1.165) is 24.5 Å². The van der Waals surface area contributed by atoms with Gasteiger partial charge in [0.1, 0.15) is 10.7 Å². The Balaban J connectivity index is 1.72. The lowest BCUT2D eigenvalue weighted by Gasteiger charge is -2.24. The molecule has 1 aliphatic heterocycles. The number of sulfonamides is 1. The first-order valence-corrected chi connectivity index (χ1v) is 10.5. The predicted molar refractivity (Wildman–Crippen MR) is 93.4 cm³/mol. The fourth-order valence-electron chi connectivity index (χ4n) is 3.04. The Kier molecular flexibility index (Phi) is 4.13. The standard InChI is InChI=1S/C17H17FN2O3S2/c18-14-8-15-12(1-4-17(21)19-15)7-16(14)25(22,23)20(13-2-3-13)9-11-5-6-24-10-11/h5-8,10,13H,1-4,9H2,(H,19,21). The molecule has 1 fully saturated rings. The van der Waals surface area contributed by atoms with Gasteiger partial charge in [0.05, 0.1) is 0 Å². The quantitative estimate of drug-likeness (QED) is 0.867. The van der Waals surface area contributed by atoms with Crippen molar-refractivity contribution in [1.29, 1.82) is 0 Å². The van der Waals surface area contributed by atoms with Gasteiger partial charge in [-0.25, -0.2) is 12.8 Å². The number of nitrogens with one attached hydrogen (secondary N) is 1. The van der Waals surface area contributed by atoms with Crippen molar-refractivity contribution in [3.05, 3.63) is 45.9 Å². The SMILES string of the molecule is O=C1CCc2cc(S(=O)(=O)N(Cc3ccsc3)C3CC3)c(F)cc2N1. The van der Waals surface area contributed by atoms with Crippen LogP contribution in [0.15, 0.2) is 33.9 Å². The molecule has 1 aliphatic carbocycles. The van der Waals surface area contributed by atoms with Crippen molar-refractivity contribution in [3.8, 4) is 0 Å². The summed E-state index contributed by atoms with van der Waals surface area (Å²) in [5.74, 6) is -1.00. The molecule has 2 heterocycles. The van der Waals surface area contributed by atoms with E-state index in [1.54, 1.807) is 0 Å². The van der Waals surface area contributed by atoms with Gasteiger partial charge in [-0.1, -0.05) is 0 Å². The number of thiophene rings is 1. The summed E-state index contributed by atoms with van der Waals surface area (Å²) in [6.45, 7) is 0.254. The number of aryl methyl sites for hydroxylation is 1. The zero-order valence-electron chi connectivity index (χ0n) is 13.4. The molecule has 2 aromatic rings. The average molecular weight is 380 g/mol. The van der Waals surface area contributed by atoms with Gasteiger partial charge in [0.2, 0.25) is 15.9 Å². The van der Waals surface area contributed by atoms with Crippen molar-refractivity contribution in [2.75, 3.05) is 5.32 Å². The zero-order chi connectivity index (χ0) is 17.6. The van der Waals surface area contributed by atoms with Gasteiger partial charge >= 0.3 is 0 Å². The van der Waals surface area contributed by atoms with Crippen LogP contribution in [0.1, 0.15) is 30.4 Å². The molecule has 8 heteroatoms. The first-order chi connectivity index (χ1) is 11.9. The van der Waals surface area contributed by atoms with Gasteiger partial charge in [-0.15, -0.1) is 0 Å². The number of nitrogens with zero attached hydrogens (tertiary/aromatic N) is 1. The van der Waals surface area contributed by atoms with Gasteiger partial charge in [-0.2, -0.15) is 15.6 Å². The van der Waals surface area contributed by atoms with Crippen LogP contribution in [-0.2, 0) is 27.8 Å². The van der Waals surface area contributed by atoms with Crippen LogP contribution in [0.2, 0.25) is 0 Å². The van der Waals surface area contributed by atoms with Crippen LogP contribution < -0.4 is 5.32 Å². The van der Waals surface area contributed by atoms with Crippen molar-refractivity contribution >= 4 is 33.0 Å². The van der Waals surface area contributed by atoms with E-state index < -0.39 is 15.8 Å². The molecule has 0 saturated heterocycles. The molecule has 132 valence electrons. The average Bonchev–Trinajstić information content (AvgIpc) is 3.27. The summed E-state index contributed by atoms with van der Waals surface area (Å²) in [5.41, 5.74) is 1.93. The second-order valence-corrected chi connectivity index (χ2v) is 9.04. The summed E-state index contributed by atoms with van der Waals surface area (Å²) in [6, 6.07) is 4.31. The van der Waals surface area contributed by atoms with Gasteiger partial charge in [0, 0.05) is 24.7 Å². The summed E-state index contributed by atoms with van der Waals surface area (Å²) in [4.78, 5) is 11.1. The first-order valence-electron chi connectivity index (χ1n) is 8.10. The van der Waals surface area contributed by atoms with E-state index in [-0.39, 0.29) is 29.8 Å². The summed E-state index contributed by atoms with van der Waals surface area (Å²) >= 11 is 1.51. The molecule has 4 rings (SSSR count). The second-order valence-electron chi connectivity index (χ2n) is 6.40. The van der Waals surface area contributed by atoms with Crippen LogP contribution in [0.5, 0.6) is 0 Å². The largest absolute Gasteiger partial charge is 0.326 e. The Hall–Kier alpha value is -1.77. The maximum atomic E-state index is 14.6. The molecule has 25 heavy (non-hydrogen) atoms. The van der Waals surface area contributed by atoms with Gasteiger partial charge in [0.25, 0.3) is 0 Å². The van der Waals surface area contributed by atoms with E-state index in [2.05, 4.69) is 5.32 Å². The van der Waals surface area contributed by atoms with Crippen LogP contribution in [0.25, 0.3) is 0 Å². The maximum absolute atomic E-state index is 14.6. The summed E-state index contributed by atoms with van der Waals surface area (Å²) in [6.07, 6.45) is 2.29. The molecule has 1 N–H and O–H groups in total. The molecule has 0 bridgehead atoms. The van der Waals surface area contributed by atoms with Crippen molar-refractivity contribution in [2.24, 2.45) is 0 Å². The van der Waals surface area contributed by atoms with E-state index in [0.29, 0.717) is 17.7 Å². The minimum atomic E-state index is -3.94. The molecule has 5 nitrogen and oxygen atoms in total. The number of amides is 1. The minimum absolute atomic E-state index is 0.0694. The number of carbonyl (C=O) groups is 1. The lowest BCUT2D eigenvalue weighted by Crippen LogP contribution is -2.33. The lowest BCUT2D eigenvalue weighted by atomic mass is 10.0. The van der Waals surface area contributed by atoms with E-state index >= 15 is 0 Å². The van der Waals surface area contributed by atoms with Crippen molar-refractivity contribution in [3.63, 3.8) is 0 Å². The Morgan fingerprint density at radius 1 is 1.28 bits per heavy atom. The zero-order valence-corrected chi connectivity index (χ0v) is 15.0. The number of hydrogen-bond acceptors (Lipinski definition) is 4. The molecule has 1 saturated carbocycles. The second kappa shape index (κ2) is 6.19. The van der Waals surface area contributed by atoms with Crippen LogP contribution in [-0.4, -0.2) is 24.7 Å². The molecule has 0 radical (unpaired) electrons. The Labute approximate surface area is 149 Å². The van der Waals surface area contributed by atoms with Gasteiger partial charge < -0.3 is 5.32 Å². The summed E-state index contributed by atoms with van der Waals surface area (Å²) < 4.78 is 42.2. The fraction of sp³-hybridized carbons (Fsp3) is 0.353. The highest BCUT2D eigenvalue weighted by Crippen LogP contribution is 2.36. The third-order valence-corrected chi connectivity index (χ3v) is 7.16. The van der Waals surface area contributed by atoms with Crippen LogP contribution >= 0.6 is 11.3 Å². The third kappa shape index (κ3) is 3.21. The molecule has 0 atom stereocenters. The molecule has 1 amide bonds. The van der Waals surface area contributed by atoms with E-state index in [4.69, 9.17) is 0 Å². The van der Waals surface area contributed by atoms with E-state index in [1.807, 2.05) is 16.8 Å². The van der Waals surface area contributed by atoms with Gasteiger partial charge in [-0.3, -0.25) is 4.79 Å². The molecular formula is C17H17FN2O3S2. The van der Waals surface area contributed by atoms with Crippen molar-refractivity contribution < 1.29 is 17.6 Å². The van der Waals surface area contributed by atoms with Gasteiger partial charge in [0.15, 0.2) is 0 Å². The monoisotopic (exact) mass is 380 g/mol. The molecule has 0 unspecified atom stereocenters. The van der Waals surface area contributed by atoms with Crippen LogP contribution in [0.3, 0.4) is 0 Å². The van der Waals surface area contributed by atoms with Crippen molar-refractivity contribution in [1.82, 2.24) is 4.31 Å². The topological polar surface area (TPSA) is 66.5 Å². The maximum Gasteiger partial charge on any atom is 0.246 e. The molecule has 1 aromatic heterocycles. The Morgan fingerprint density at radius 3 is 2.76 bits per heavy atom. The molecule has 0 spiro atoms. The number of fused-ring (bicyclic) bond motifs is 1. The molecule has 1 aromatic carbocycles. The lowest BCUT2D eigenvalue weighted by molar-refractivity contribution is -0.116. The number of halogens is 1. The van der Waals surface area contributed by atoms with Crippen LogP contribution in [0, 0.1) is 5.82 Å². The summed E-state index contributed by atoms with van der Waals surface area (Å²) in [5, 5.41) is 6.40. The van der Waals surface area contributed by atoms with Crippen molar-refractivity contribution in [2.45, 2.75) is 43.2 Å². The molecular weight excluding hydrogens is 363 g/mol. The van der Waals surface area contributed by atoms with E-state index in [1.165, 1.54) is 21.7 Å². The third-order valence-electron chi connectivity index (χ3n) is 4.51. The predicted octanol–water partition coefficient (Wildman–Crippen LogP) is 3.13.